The number of imide groups is 1. The monoisotopic (exact) mass is 691 g/mol. The zero-order valence-corrected chi connectivity index (χ0v) is 27.3. The van der Waals surface area contributed by atoms with Gasteiger partial charge in [-0.05, 0) is 54.9 Å². The van der Waals surface area contributed by atoms with Crippen LogP contribution in [0.15, 0.2) is 54.6 Å². The lowest BCUT2D eigenvalue weighted by molar-refractivity contribution is -0.154. The summed E-state index contributed by atoms with van der Waals surface area (Å²) in [6.07, 6.45) is 2.72. The highest BCUT2D eigenvalue weighted by atomic mass is 16.4. The highest BCUT2D eigenvalue weighted by Gasteiger charge is 2.42. The summed E-state index contributed by atoms with van der Waals surface area (Å²) in [5, 5.41) is 18.9. The minimum absolute atomic E-state index is 0.00146. The maximum Gasteiger partial charge on any atom is 0.312 e. The first-order valence-corrected chi connectivity index (χ1v) is 16.3. The molecule has 2 aromatic rings. The van der Waals surface area contributed by atoms with Crippen LogP contribution in [-0.4, -0.2) is 99.6 Å². The third kappa shape index (κ3) is 9.64. The number of carboxylic acid groups (broad SMARTS) is 1. The quantitative estimate of drug-likeness (QED) is 0.101. The number of nitrogens with two attached hydrogens (primary N) is 2. The third-order valence-electron chi connectivity index (χ3n) is 8.68. The molecule has 266 valence electrons. The van der Waals surface area contributed by atoms with Gasteiger partial charge in [-0.2, -0.15) is 0 Å². The number of fused-ring (bicyclic) bond motifs is 1. The topological polar surface area (TPSA) is 251 Å². The van der Waals surface area contributed by atoms with E-state index in [1.54, 1.807) is 6.07 Å². The molecule has 4 rings (SSSR count). The molecule has 50 heavy (non-hydrogen) atoms. The van der Waals surface area contributed by atoms with Crippen LogP contribution in [0.5, 0.6) is 0 Å². The number of benzene rings is 2. The van der Waals surface area contributed by atoms with Crippen molar-refractivity contribution in [3.63, 3.8) is 0 Å². The van der Waals surface area contributed by atoms with Crippen molar-refractivity contribution in [1.82, 2.24) is 25.8 Å². The van der Waals surface area contributed by atoms with Gasteiger partial charge in [0.05, 0.1) is 0 Å². The molecule has 2 heterocycles. The third-order valence-corrected chi connectivity index (χ3v) is 8.68. The van der Waals surface area contributed by atoms with Gasteiger partial charge in [0.2, 0.25) is 23.6 Å². The minimum atomic E-state index is -1.45. The van der Waals surface area contributed by atoms with Gasteiger partial charge in [0.25, 0.3) is 11.8 Å². The van der Waals surface area contributed by atoms with Gasteiger partial charge in [-0.1, -0.05) is 42.5 Å². The molecule has 0 radical (unpaired) electrons. The smallest absolute Gasteiger partial charge is 0.312 e. The first kappa shape index (κ1) is 37.0. The van der Waals surface area contributed by atoms with Gasteiger partial charge in [0.1, 0.15) is 24.2 Å². The fourth-order valence-electron chi connectivity index (χ4n) is 6.16. The van der Waals surface area contributed by atoms with Crippen molar-refractivity contribution >= 4 is 58.2 Å². The zero-order valence-electron chi connectivity index (χ0n) is 27.3. The fraction of sp³-hybridized carbons (Fsp3) is 0.412. The van der Waals surface area contributed by atoms with E-state index in [-0.39, 0.29) is 45.2 Å². The highest BCUT2D eigenvalue weighted by Crippen LogP contribution is 2.24. The number of carbonyl (C=O) groups is 8. The first-order valence-electron chi connectivity index (χ1n) is 16.3. The predicted octanol–water partition coefficient (Wildman–Crippen LogP) is -0.175. The molecule has 3 unspecified atom stereocenters. The molecule has 8 amide bonds. The number of rotatable bonds is 16. The molecule has 0 spiro atoms. The molecule has 0 bridgehead atoms. The van der Waals surface area contributed by atoms with Crippen LogP contribution >= 0.6 is 0 Å². The van der Waals surface area contributed by atoms with Crippen LogP contribution in [0.4, 0.5) is 4.79 Å². The van der Waals surface area contributed by atoms with Gasteiger partial charge >= 0.3 is 12.0 Å². The molecule has 0 saturated carbocycles. The second-order valence-electron chi connectivity index (χ2n) is 12.2. The molecule has 2 aliphatic heterocycles. The molecule has 2 aliphatic rings. The Bertz CT molecular complexity index is 1680. The van der Waals surface area contributed by atoms with Crippen molar-refractivity contribution in [2.45, 2.75) is 75.5 Å². The number of hydrogen-bond acceptors (Lipinski definition) is 8. The Morgan fingerprint density at radius 1 is 0.880 bits per heavy atom. The van der Waals surface area contributed by atoms with E-state index in [2.05, 4.69) is 16.0 Å². The van der Waals surface area contributed by atoms with E-state index in [9.17, 15) is 43.5 Å². The molecular weight excluding hydrogens is 650 g/mol. The summed E-state index contributed by atoms with van der Waals surface area (Å²) in [6, 6.07) is 7.42. The maximum atomic E-state index is 14.0. The number of carboxylic acids is 1. The second-order valence-corrected chi connectivity index (χ2v) is 12.2. The number of amides is 8. The van der Waals surface area contributed by atoms with Gasteiger partial charge in [-0.25, -0.2) is 4.79 Å². The average Bonchev–Trinajstić information content (AvgIpc) is 3.42. The molecule has 2 aromatic carbocycles. The van der Waals surface area contributed by atoms with Gasteiger partial charge in [0.15, 0.2) is 0 Å². The van der Waals surface area contributed by atoms with Crippen LogP contribution < -0.4 is 27.4 Å². The van der Waals surface area contributed by atoms with Crippen molar-refractivity contribution in [2.75, 3.05) is 13.1 Å². The lowest BCUT2D eigenvalue weighted by Crippen LogP contribution is -2.61. The number of nitrogens with one attached hydrogen (secondary N) is 3. The van der Waals surface area contributed by atoms with E-state index < -0.39 is 78.0 Å². The number of urea groups is 1. The fourth-order valence-corrected chi connectivity index (χ4v) is 6.16. The number of piperidine rings is 1. The van der Waals surface area contributed by atoms with E-state index in [0.29, 0.717) is 23.3 Å². The van der Waals surface area contributed by atoms with Crippen LogP contribution in [-0.2, 0) is 40.0 Å². The Hall–Kier alpha value is -5.80. The summed E-state index contributed by atoms with van der Waals surface area (Å²) < 4.78 is 0. The van der Waals surface area contributed by atoms with Gasteiger partial charge in [0, 0.05) is 38.1 Å². The van der Waals surface area contributed by atoms with E-state index in [1.165, 1.54) is 4.90 Å². The molecule has 8 N–H and O–H groups in total. The summed E-state index contributed by atoms with van der Waals surface area (Å²) in [5.41, 5.74) is 11.3. The van der Waals surface area contributed by atoms with Crippen molar-refractivity contribution in [3.05, 3.63) is 60.2 Å². The average molecular weight is 692 g/mol. The number of aliphatic carboxylic acids is 1. The SMILES string of the molecule is NC(=O)NCCCC(NC(=O)C(Cc1ccc2ccccc2c1)NC(=O)[C@@H]1CCCCN1C(=O)C(CCC(=O)O)N1C(=O)C=CC1=O)C(N)=O. The van der Waals surface area contributed by atoms with E-state index in [1.807, 2.05) is 36.4 Å². The molecule has 1 saturated heterocycles. The Balaban J connectivity index is 1.58. The summed E-state index contributed by atoms with van der Waals surface area (Å²) >= 11 is 0. The molecule has 4 atom stereocenters. The zero-order chi connectivity index (χ0) is 36.4. The number of likely N-dealkylation sites (tertiary alicyclic amines) is 1. The Morgan fingerprint density at radius 2 is 1.58 bits per heavy atom. The van der Waals surface area contributed by atoms with Crippen molar-refractivity contribution in [1.29, 1.82) is 0 Å². The molecule has 0 aliphatic carbocycles. The van der Waals surface area contributed by atoms with E-state index >= 15 is 0 Å². The van der Waals surface area contributed by atoms with Crippen LogP contribution in [0.3, 0.4) is 0 Å². The van der Waals surface area contributed by atoms with Crippen molar-refractivity contribution in [2.24, 2.45) is 11.5 Å². The maximum absolute atomic E-state index is 14.0. The number of nitrogens with zero attached hydrogens (tertiary/aromatic N) is 2. The standard InChI is InChI=1S/C34H41N7O9/c35-30(46)23(8-5-16-37-34(36)50)38-31(47)24(19-20-10-11-21-6-1-2-7-22(21)18-20)39-32(48)25-9-3-4-17-40(25)33(49)26(12-15-29(44)45)41-27(42)13-14-28(41)43/h1-2,6-7,10-11,13-14,18,23-26H,3-5,8-9,12,15-17,19H2,(H2,35,46)(H,38,47)(H,39,48)(H,44,45)(H3,36,37,50)/t23?,24?,25-,26?/m0/s1. The summed E-state index contributed by atoms with van der Waals surface area (Å²) in [4.78, 5) is 103. The van der Waals surface area contributed by atoms with Crippen LogP contribution in [0.2, 0.25) is 0 Å². The van der Waals surface area contributed by atoms with Crippen molar-refractivity contribution in [3.8, 4) is 0 Å². The van der Waals surface area contributed by atoms with Crippen LogP contribution in [0.1, 0.15) is 50.5 Å². The van der Waals surface area contributed by atoms with Crippen LogP contribution in [0.25, 0.3) is 10.8 Å². The first-order chi connectivity index (χ1) is 23.8. The second kappa shape index (κ2) is 17.0. The summed E-state index contributed by atoms with van der Waals surface area (Å²) in [6.45, 7) is 0.227. The van der Waals surface area contributed by atoms with Crippen molar-refractivity contribution < 1.29 is 43.5 Å². The highest BCUT2D eigenvalue weighted by molar-refractivity contribution is 6.15. The number of primary amides is 2. The van der Waals surface area contributed by atoms with Gasteiger partial charge in [-0.15, -0.1) is 0 Å². The lowest BCUT2D eigenvalue weighted by Gasteiger charge is -2.39. The predicted molar refractivity (Wildman–Crippen MR) is 179 cm³/mol. The van der Waals surface area contributed by atoms with E-state index in [0.717, 1.165) is 22.9 Å². The summed E-state index contributed by atoms with van der Waals surface area (Å²) in [7, 11) is 0. The lowest BCUT2D eigenvalue weighted by atomic mass is 9.97. The molecular formula is C34H41N7O9. The Labute approximate surface area is 287 Å². The Morgan fingerprint density at radius 3 is 2.24 bits per heavy atom. The van der Waals surface area contributed by atoms with Gasteiger partial charge in [-0.3, -0.25) is 38.5 Å². The normalized spacial score (nSPS) is 17.6. The number of hydrogen-bond donors (Lipinski definition) is 6. The largest absolute Gasteiger partial charge is 0.481 e. The molecule has 16 nitrogen and oxygen atoms in total. The van der Waals surface area contributed by atoms with E-state index in [4.69, 9.17) is 11.5 Å². The number of carbonyl (C=O) groups excluding carboxylic acids is 7. The van der Waals surface area contributed by atoms with Crippen LogP contribution in [0, 0.1) is 0 Å². The van der Waals surface area contributed by atoms with Gasteiger partial charge < -0.3 is 37.4 Å². The molecule has 1 fully saturated rings. The molecule has 0 aromatic heterocycles. The Kier molecular flexibility index (Phi) is 12.6. The summed E-state index contributed by atoms with van der Waals surface area (Å²) in [5.74, 6) is -5.75. The minimum Gasteiger partial charge on any atom is -0.481 e. The molecule has 16 heteroatoms.